The quantitative estimate of drug-likeness (QED) is 0.799. The highest BCUT2D eigenvalue weighted by atomic mass is 32.2. The molecule has 0 atom stereocenters. The fraction of sp³-hybridized carbons (Fsp3) is 0.350. The summed E-state index contributed by atoms with van der Waals surface area (Å²) in [5.74, 6) is 0.397. The molecule has 0 bridgehead atoms. The van der Waals surface area contributed by atoms with Crippen molar-refractivity contribution in [3.05, 3.63) is 54.1 Å². The number of benzene rings is 2. The van der Waals surface area contributed by atoms with Gasteiger partial charge < -0.3 is 15.0 Å². The van der Waals surface area contributed by atoms with Crippen LogP contribution in [-0.2, 0) is 14.8 Å². The van der Waals surface area contributed by atoms with Crippen LogP contribution in [0.15, 0.2) is 48.5 Å². The molecule has 150 valence electrons. The number of piperazine rings is 1. The summed E-state index contributed by atoms with van der Waals surface area (Å²) in [5, 5.41) is 2.89. The number of anilines is 2. The molecule has 28 heavy (non-hydrogen) atoms. The van der Waals surface area contributed by atoms with Gasteiger partial charge in [0.2, 0.25) is 10.0 Å². The summed E-state index contributed by atoms with van der Waals surface area (Å²) in [5.41, 5.74) is 2.69. The molecule has 0 aliphatic carbocycles. The van der Waals surface area contributed by atoms with Gasteiger partial charge in [-0.1, -0.05) is 29.8 Å². The second-order valence-electron chi connectivity index (χ2n) is 6.82. The molecule has 1 N–H and O–H groups in total. The highest BCUT2D eigenvalue weighted by molar-refractivity contribution is 7.88. The molecule has 1 saturated heterocycles. The van der Waals surface area contributed by atoms with Crippen molar-refractivity contribution in [2.45, 2.75) is 6.92 Å². The van der Waals surface area contributed by atoms with E-state index in [1.54, 1.807) is 0 Å². The summed E-state index contributed by atoms with van der Waals surface area (Å²) in [6.07, 6.45) is 1.23. The van der Waals surface area contributed by atoms with Gasteiger partial charge in [-0.3, -0.25) is 4.79 Å². The number of hydrogen-bond acceptors (Lipinski definition) is 5. The molecule has 0 radical (unpaired) electrons. The fourth-order valence-electron chi connectivity index (χ4n) is 3.09. The number of ether oxygens (including phenoxy) is 1. The smallest absolute Gasteiger partial charge is 0.262 e. The van der Waals surface area contributed by atoms with Gasteiger partial charge in [0.1, 0.15) is 5.75 Å². The summed E-state index contributed by atoms with van der Waals surface area (Å²) in [7, 11) is -3.18. The number of hydrogen-bond donors (Lipinski definition) is 1. The van der Waals surface area contributed by atoms with Gasteiger partial charge in [-0.05, 0) is 31.2 Å². The predicted molar refractivity (Wildman–Crippen MR) is 110 cm³/mol. The lowest BCUT2D eigenvalue weighted by Gasteiger charge is -2.35. The van der Waals surface area contributed by atoms with E-state index >= 15 is 0 Å². The second-order valence-corrected chi connectivity index (χ2v) is 8.80. The Morgan fingerprint density at radius 2 is 1.68 bits per heavy atom. The van der Waals surface area contributed by atoms with E-state index in [0.29, 0.717) is 37.6 Å². The minimum atomic E-state index is -3.18. The van der Waals surface area contributed by atoms with Crippen molar-refractivity contribution >= 4 is 27.3 Å². The molecule has 1 fully saturated rings. The van der Waals surface area contributed by atoms with Crippen molar-refractivity contribution < 1.29 is 17.9 Å². The van der Waals surface area contributed by atoms with Crippen LogP contribution >= 0.6 is 0 Å². The minimum absolute atomic E-state index is 0.0841. The minimum Gasteiger partial charge on any atom is -0.484 e. The Kier molecular flexibility index (Phi) is 6.21. The summed E-state index contributed by atoms with van der Waals surface area (Å²) in [4.78, 5) is 14.4. The van der Waals surface area contributed by atoms with E-state index in [1.807, 2.05) is 55.5 Å². The zero-order chi connectivity index (χ0) is 20.1. The largest absolute Gasteiger partial charge is 0.484 e. The number of carbonyl (C=O) groups excluding carboxylic acids is 1. The summed E-state index contributed by atoms with van der Waals surface area (Å²) < 4.78 is 30.4. The summed E-state index contributed by atoms with van der Waals surface area (Å²) >= 11 is 0. The highest BCUT2D eigenvalue weighted by Crippen LogP contribution is 2.27. The van der Waals surface area contributed by atoms with E-state index in [-0.39, 0.29) is 12.5 Å². The maximum atomic E-state index is 12.3. The van der Waals surface area contributed by atoms with Crippen molar-refractivity contribution in [1.82, 2.24) is 4.31 Å². The molecule has 1 amide bonds. The molecule has 0 unspecified atom stereocenters. The Hall–Kier alpha value is -2.58. The molecule has 1 heterocycles. The average molecular weight is 404 g/mol. The molecular formula is C20H25N3O4S. The number of nitrogens with one attached hydrogen (secondary N) is 1. The van der Waals surface area contributed by atoms with Crippen LogP contribution in [0, 0.1) is 6.92 Å². The number of nitrogens with zero attached hydrogens (tertiary/aromatic N) is 2. The molecule has 3 rings (SSSR count). The first kappa shape index (κ1) is 20.2. The number of amides is 1. The van der Waals surface area contributed by atoms with Crippen molar-refractivity contribution in [3.63, 3.8) is 0 Å². The van der Waals surface area contributed by atoms with Gasteiger partial charge in [-0.2, -0.15) is 4.31 Å². The van der Waals surface area contributed by atoms with Crippen LogP contribution in [0.3, 0.4) is 0 Å². The molecule has 0 saturated carbocycles. The number of sulfonamides is 1. The third-order valence-corrected chi connectivity index (χ3v) is 5.92. The first-order valence-electron chi connectivity index (χ1n) is 9.11. The first-order chi connectivity index (χ1) is 13.3. The van der Waals surface area contributed by atoms with Gasteiger partial charge in [0.15, 0.2) is 6.61 Å². The van der Waals surface area contributed by atoms with Gasteiger partial charge in [0.05, 0.1) is 17.6 Å². The van der Waals surface area contributed by atoms with Gasteiger partial charge in [-0.15, -0.1) is 0 Å². The van der Waals surface area contributed by atoms with Crippen molar-refractivity contribution in [2.75, 3.05) is 49.3 Å². The zero-order valence-electron chi connectivity index (χ0n) is 16.1. The average Bonchev–Trinajstić information content (AvgIpc) is 2.67. The Labute approximate surface area is 166 Å². The van der Waals surface area contributed by atoms with Crippen LogP contribution in [0.2, 0.25) is 0 Å². The maximum Gasteiger partial charge on any atom is 0.262 e. The zero-order valence-corrected chi connectivity index (χ0v) is 16.9. The molecule has 8 heteroatoms. The monoisotopic (exact) mass is 403 g/mol. The number of rotatable bonds is 6. The standard InChI is InChI=1S/C20H25N3O4S/c1-16-7-9-17(10-8-16)27-15-20(24)21-18-5-3-4-6-19(18)22-11-13-23(14-12-22)28(2,25)26/h3-10H,11-15H2,1-2H3,(H,21,24). The fourth-order valence-corrected chi connectivity index (χ4v) is 3.91. The van der Waals surface area contributed by atoms with Gasteiger partial charge in [-0.25, -0.2) is 8.42 Å². The number of aryl methyl sites for hydroxylation is 1. The van der Waals surface area contributed by atoms with Crippen LogP contribution in [0.25, 0.3) is 0 Å². The number of para-hydroxylation sites is 2. The van der Waals surface area contributed by atoms with Gasteiger partial charge >= 0.3 is 0 Å². The summed E-state index contributed by atoms with van der Waals surface area (Å²) in [6, 6.07) is 15.0. The van der Waals surface area contributed by atoms with Crippen molar-refractivity contribution in [3.8, 4) is 5.75 Å². The second kappa shape index (κ2) is 8.62. The molecule has 0 spiro atoms. The van der Waals surface area contributed by atoms with E-state index in [0.717, 1.165) is 11.3 Å². The van der Waals surface area contributed by atoms with Crippen LogP contribution in [0.5, 0.6) is 5.75 Å². The van der Waals surface area contributed by atoms with E-state index in [4.69, 9.17) is 4.74 Å². The van der Waals surface area contributed by atoms with Crippen LogP contribution in [0.4, 0.5) is 11.4 Å². The van der Waals surface area contributed by atoms with Gasteiger partial charge in [0, 0.05) is 26.2 Å². The van der Waals surface area contributed by atoms with E-state index in [1.165, 1.54) is 10.6 Å². The van der Waals surface area contributed by atoms with Crippen molar-refractivity contribution in [2.24, 2.45) is 0 Å². The van der Waals surface area contributed by atoms with Crippen LogP contribution in [-0.4, -0.2) is 57.7 Å². The third kappa shape index (κ3) is 5.24. The first-order valence-corrected chi connectivity index (χ1v) is 11.0. The maximum absolute atomic E-state index is 12.3. The van der Waals surface area contributed by atoms with Crippen LogP contribution < -0.4 is 15.0 Å². The normalized spacial score (nSPS) is 15.3. The Morgan fingerprint density at radius 3 is 2.32 bits per heavy atom. The van der Waals surface area contributed by atoms with Crippen LogP contribution in [0.1, 0.15) is 5.56 Å². The molecular weight excluding hydrogens is 378 g/mol. The molecule has 7 nitrogen and oxygen atoms in total. The van der Waals surface area contributed by atoms with Crippen molar-refractivity contribution in [1.29, 1.82) is 0 Å². The Bertz CT molecular complexity index is 921. The lowest BCUT2D eigenvalue weighted by Crippen LogP contribution is -2.48. The van der Waals surface area contributed by atoms with E-state index in [9.17, 15) is 13.2 Å². The number of carbonyl (C=O) groups is 1. The lowest BCUT2D eigenvalue weighted by atomic mass is 10.2. The Balaban J connectivity index is 1.61. The molecule has 2 aromatic rings. The SMILES string of the molecule is Cc1ccc(OCC(=O)Nc2ccccc2N2CCN(S(C)(=O)=O)CC2)cc1. The van der Waals surface area contributed by atoms with Gasteiger partial charge in [0.25, 0.3) is 5.91 Å². The third-order valence-electron chi connectivity index (χ3n) is 4.62. The van der Waals surface area contributed by atoms with E-state index in [2.05, 4.69) is 10.2 Å². The topological polar surface area (TPSA) is 79.0 Å². The van der Waals surface area contributed by atoms with E-state index < -0.39 is 10.0 Å². The summed E-state index contributed by atoms with van der Waals surface area (Å²) in [6.45, 7) is 3.90. The highest BCUT2D eigenvalue weighted by Gasteiger charge is 2.24. The predicted octanol–water partition coefficient (Wildman–Crippen LogP) is 2.09. The lowest BCUT2D eigenvalue weighted by molar-refractivity contribution is -0.118. The molecule has 1 aliphatic heterocycles. The Morgan fingerprint density at radius 1 is 1.04 bits per heavy atom. The molecule has 0 aromatic heterocycles. The molecule has 1 aliphatic rings. The molecule has 2 aromatic carbocycles.